The predicted molar refractivity (Wildman–Crippen MR) is 71.3 cm³/mol. The van der Waals surface area contributed by atoms with Crippen LogP contribution in [0.25, 0.3) is 0 Å². The van der Waals surface area contributed by atoms with Crippen molar-refractivity contribution in [2.45, 2.75) is 39.2 Å². The van der Waals surface area contributed by atoms with Crippen molar-refractivity contribution in [3.63, 3.8) is 0 Å². The molecule has 0 unspecified atom stereocenters. The van der Waals surface area contributed by atoms with Crippen LogP contribution >= 0.6 is 12.4 Å². The highest BCUT2D eigenvalue weighted by Gasteiger charge is 2.04. The summed E-state index contributed by atoms with van der Waals surface area (Å²) in [5.74, 6) is 0.920. The van der Waals surface area contributed by atoms with Crippen molar-refractivity contribution in [2.75, 3.05) is 6.61 Å². The highest BCUT2D eigenvalue weighted by atomic mass is 35.5. The number of nitrogens with two attached hydrogens (primary N) is 1. The normalized spacial score (nSPS) is 11.7. The summed E-state index contributed by atoms with van der Waals surface area (Å²) in [7, 11) is 0. The minimum atomic E-state index is 0. The second-order valence-electron chi connectivity index (χ2n) is 3.75. The van der Waals surface area contributed by atoms with E-state index in [2.05, 4.69) is 19.1 Å². The SMILES string of the molecule is CCCC[C@H](N)c1ccc(OCC)cc1.Cl. The van der Waals surface area contributed by atoms with Gasteiger partial charge in [-0.15, -0.1) is 12.4 Å². The van der Waals surface area contributed by atoms with Gasteiger partial charge < -0.3 is 10.5 Å². The Labute approximate surface area is 105 Å². The maximum Gasteiger partial charge on any atom is 0.119 e. The van der Waals surface area contributed by atoms with Crippen LogP contribution in [0.5, 0.6) is 5.75 Å². The summed E-state index contributed by atoms with van der Waals surface area (Å²) in [5, 5.41) is 0. The summed E-state index contributed by atoms with van der Waals surface area (Å²) in [6.45, 7) is 4.88. The Kier molecular flexibility index (Phi) is 8.04. The van der Waals surface area contributed by atoms with Crippen molar-refractivity contribution >= 4 is 12.4 Å². The van der Waals surface area contributed by atoms with Crippen molar-refractivity contribution in [3.05, 3.63) is 29.8 Å². The fourth-order valence-corrected chi connectivity index (χ4v) is 1.57. The molecule has 1 aromatic carbocycles. The molecule has 0 aliphatic heterocycles. The van der Waals surface area contributed by atoms with E-state index < -0.39 is 0 Å². The number of unbranched alkanes of at least 4 members (excludes halogenated alkanes) is 1. The Bertz CT molecular complexity index is 274. The fourth-order valence-electron chi connectivity index (χ4n) is 1.57. The third-order valence-corrected chi connectivity index (χ3v) is 2.49. The zero-order chi connectivity index (χ0) is 11.1. The molecule has 2 nitrogen and oxygen atoms in total. The molecule has 1 atom stereocenters. The van der Waals surface area contributed by atoms with Crippen LogP contribution in [0.4, 0.5) is 0 Å². The molecule has 0 saturated heterocycles. The lowest BCUT2D eigenvalue weighted by Gasteiger charge is -2.12. The molecule has 0 radical (unpaired) electrons. The summed E-state index contributed by atoms with van der Waals surface area (Å²) in [4.78, 5) is 0. The molecule has 0 aromatic heterocycles. The minimum Gasteiger partial charge on any atom is -0.494 e. The molecule has 1 aromatic rings. The maximum absolute atomic E-state index is 6.06. The third-order valence-electron chi connectivity index (χ3n) is 2.49. The van der Waals surface area contributed by atoms with E-state index >= 15 is 0 Å². The zero-order valence-electron chi connectivity index (χ0n) is 10.1. The van der Waals surface area contributed by atoms with Crippen LogP contribution < -0.4 is 10.5 Å². The van der Waals surface area contributed by atoms with Gasteiger partial charge in [-0.1, -0.05) is 31.9 Å². The molecule has 3 heteroatoms. The molecule has 0 fully saturated rings. The highest BCUT2D eigenvalue weighted by molar-refractivity contribution is 5.85. The number of hydrogen-bond donors (Lipinski definition) is 1. The summed E-state index contributed by atoms with van der Waals surface area (Å²) in [5.41, 5.74) is 7.27. The first-order valence-electron chi connectivity index (χ1n) is 5.76. The van der Waals surface area contributed by atoms with Gasteiger partial charge in [-0.2, -0.15) is 0 Å². The van der Waals surface area contributed by atoms with Crippen molar-refractivity contribution in [1.29, 1.82) is 0 Å². The Balaban J connectivity index is 0.00000225. The quantitative estimate of drug-likeness (QED) is 0.827. The van der Waals surface area contributed by atoms with Crippen molar-refractivity contribution in [3.8, 4) is 5.75 Å². The topological polar surface area (TPSA) is 35.2 Å². The van der Waals surface area contributed by atoms with E-state index in [0.29, 0.717) is 6.61 Å². The second kappa shape index (κ2) is 8.43. The average molecular weight is 244 g/mol. The van der Waals surface area contributed by atoms with Crippen molar-refractivity contribution < 1.29 is 4.74 Å². The lowest BCUT2D eigenvalue weighted by Crippen LogP contribution is -2.09. The van der Waals surface area contributed by atoms with Crippen LogP contribution in [-0.2, 0) is 0 Å². The van der Waals surface area contributed by atoms with Gasteiger partial charge in [-0.3, -0.25) is 0 Å². The summed E-state index contributed by atoms with van der Waals surface area (Å²) < 4.78 is 5.38. The van der Waals surface area contributed by atoms with E-state index in [0.717, 1.165) is 12.2 Å². The lowest BCUT2D eigenvalue weighted by atomic mass is 10.0. The van der Waals surface area contributed by atoms with E-state index in [-0.39, 0.29) is 18.4 Å². The first kappa shape index (κ1) is 15.3. The second-order valence-corrected chi connectivity index (χ2v) is 3.75. The monoisotopic (exact) mass is 243 g/mol. The molecular formula is C13H22ClNO. The number of halogens is 1. The van der Waals surface area contributed by atoms with Crippen LogP contribution in [0.2, 0.25) is 0 Å². The van der Waals surface area contributed by atoms with Gasteiger partial charge in [0.1, 0.15) is 5.75 Å². The molecule has 0 aliphatic rings. The van der Waals surface area contributed by atoms with Gasteiger partial charge in [0, 0.05) is 6.04 Å². The zero-order valence-corrected chi connectivity index (χ0v) is 10.9. The average Bonchev–Trinajstić information content (AvgIpc) is 2.27. The molecule has 0 amide bonds. The van der Waals surface area contributed by atoms with E-state index in [1.165, 1.54) is 18.4 Å². The number of rotatable bonds is 6. The Morgan fingerprint density at radius 2 is 1.81 bits per heavy atom. The molecule has 0 bridgehead atoms. The molecule has 0 aliphatic carbocycles. The van der Waals surface area contributed by atoms with E-state index in [9.17, 15) is 0 Å². The number of hydrogen-bond acceptors (Lipinski definition) is 2. The van der Waals surface area contributed by atoms with Gasteiger partial charge in [0.15, 0.2) is 0 Å². The fraction of sp³-hybridized carbons (Fsp3) is 0.538. The lowest BCUT2D eigenvalue weighted by molar-refractivity contribution is 0.340. The van der Waals surface area contributed by atoms with E-state index in [1.807, 2.05) is 19.1 Å². The molecule has 92 valence electrons. The molecule has 0 heterocycles. The van der Waals surface area contributed by atoms with Crippen LogP contribution in [0.1, 0.15) is 44.7 Å². The van der Waals surface area contributed by atoms with E-state index in [1.54, 1.807) is 0 Å². The van der Waals surface area contributed by atoms with Gasteiger partial charge in [0.2, 0.25) is 0 Å². The van der Waals surface area contributed by atoms with Crippen LogP contribution in [0.15, 0.2) is 24.3 Å². The molecule has 0 spiro atoms. The van der Waals surface area contributed by atoms with Crippen LogP contribution in [0, 0.1) is 0 Å². The van der Waals surface area contributed by atoms with Crippen LogP contribution in [0.3, 0.4) is 0 Å². The standard InChI is InChI=1S/C13H21NO.ClH/c1-3-5-6-13(14)11-7-9-12(10-8-11)15-4-2;/h7-10,13H,3-6,14H2,1-2H3;1H/t13-;/m0./s1. The molecule has 0 saturated carbocycles. The van der Waals surface area contributed by atoms with Gasteiger partial charge in [-0.25, -0.2) is 0 Å². The Morgan fingerprint density at radius 3 is 2.31 bits per heavy atom. The summed E-state index contributed by atoms with van der Waals surface area (Å²) in [6, 6.07) is 8.27. The van der Waals surface area contributed by atoms with Crippen molar-refractivity contribution in [1.82, 2.24) is 0 Å². The molecule has 16 heavy (non-hydrogen) atoms. The smallest absolute Gasteiger partial charge is 0.119 e. The summed E-state index contributed by atoms with van der Waals surface area (Å²) >= 11 is 0. The molecule has 1 rings (SSSR count). The number of benzene rings is 1. The van der Waals surface area contributed by atoms with E-state index in [4.69, 9.17) is 10.5 Å². The minimum absolute atomic E-state index is 0. The molecule has 2 N–H and O–H groups in total. The van der Waals surface area contributed by atoms with Gasteiger partial charge in [0.25, 0.3) is 0 Å². The number of ether oxygens (including phenoxy) is 1. The first-order valence-corrected chi connectivity index (χ1v) is 5.76. The third kappa shape index (κ3) is 4.86. The molecular weight excluding hydrogens is 222 g/mol. The Morgan fingerprint density at radius 1 is 1.19 bits per heavy atom. The Hall–Kier alpha value is -0.730. The van der Waals surface area contributed by atoms with Gasteiger partial charge in [0.05, 0.1) is 6.61 Å². The first-order chi connectivity index (χ1) is 7.27. The predicted octanol–water partition coefficient (Wildman–Crippen LogP) is 3.70. The maximum atomic E-state index is 6.06. The highest BCUT2D eigenvalue weighted by Crippen LogP contribution is 2.19. The van der Waals surface area contributed by atoms with Gasteiger partial charge in [-0.05, 0) is 31.0 Å². The largest absolute Gasteiger partial charge is 0.494 e. The summed E-state index contributed by atoms with van der Waals surface area (Å²) in [6.07, 6.45) is 3.45. The van der Waals surface area contributed by atoms with Crippen LogP contribution in [-0.4, -0.2) is 6.61 Å². The van der Waals surface area contributed by atoms with Crippen molar-refractivity contribution in [2.24, 2.45) is 5.73 Å². The van der Waals surface area contributed by atoms with Gasteiger partial charge >= 0.3 is 0 Å².